The van der Waals surface area contributed by atoms with Gasteiger partial charge < -0.3 is 0 Å². The van der Waals surface area contributed by atoms with Gasteiger partial charge >= 0.3 is 0 Å². The molecule has 2 rings (SSSR count). The minimum atomic E-state index is -1.77. The van der Waals surface area contributed by atoms with Crippen molar-refractivity contribution >= 4 is 17.0 Å². The van der Waals surface area contributed by atoms with Crippen LogP contribution < -0.4 is 0 Å². The number of rotatable bonds is 0. The van der Waals surface area contributed by atoms with Gasteiger partial charge in [-0.05, 0) is 12.1 Å². The number of benzene rings is 1. The summed E-state index contributed by atoms with van der Waals surface area (Å²) in [6, 6.07) is 3.88. The van der Waals surface area contributed by atoms with Crippen molar-refractivity contribution in [1.29, 1.82) is 0 Å². The molecule has 1 aliphatic heterocycles. The fourth-order valence-electron chi connectivity index (χ4n) is 1.02. The Kier molecular flexibility index (Phi) is 1.54. The predicted octanol–water partition coefficient (Wildman–Crippen LogP) is 1.58. The van der Waals surface area contributed by atoms with Crippen molar-refractivity contribution in [1.82, 2.24) is 0 Å². The van der Waals surface area contributed by atoms with Crippen molar-refractivity contribution in [3.8, 4) is 0 Å². The summed E-state index contributed by atoms with van der Waals surface area (Å²) in [4.78, 5) is 0.104. The summed E-state index contributed by atoms with van der Waals surface area (Å²) in [6.07, 6.45) is 0. The van der Waals surface area contributed by atoms with Crippen LogP contribution in [0.25, 0.3) is 0 Å². The molecule has 0 aliphatic carbocycles. The van der Waals surface area contributed by atoms with Gasteiger partial charge in [-0.1, -0.05) is 6.07 Å². The van der Waals surface area contributed by atoms with Crippen molar-refractivity contribution in [2.75, 3.05) is 0 Å². The Morgan fingerprint density at radius 1 is 1.33 bits per heavy atom. The van der Waals surface area contributed by atoms with E-state index in [0.717, 1.165) is 6.07 Å². The maximum Gasteiger partial charge on any atom is 0.233 e. The maximum atomic E-state index is 12.9. The van der Waals surface area contributed by atoms with Crippen LogP contribution in [0.4, 0.5) is 8.78 Å². The number of fused-ring (bicyclic) bond motifs is 1. The molecule has 62 valence electrons. The lowest BCUT2D eigenvalue weighted by Gasteiger charge is -1.95. The van der Waals surface area contributed by atoms with Gasteiger partial charge in [-0.25, -0.2) is 8.60 Å². The first kappa shape index (κ1) is 7.54. The zero-order chi connectivity index (χ0) is 8.72. The molecular weight excluding hydrogens is 184 g/mol. The molecule has 2 nitrogen and oxygen atoms in total. The Balaban J connectivity index is 2.77. The molecule has 1 aliphatic rings. The number of nitrogens with zero attached hydrogens (tertiary/aromatic N) is 1. The summed E-state index contributed by atoms with van der Waals surface area (Å²) in [6.45, 7) is 0. The second-order valence-electron chi connectivity index (χ2n) is 2.24. The minimum absolute atomic E-state index is 0.104. The van der Waals surface area contributed by atoms with E-state index in [2.05, 4.69) is 4.40 Å². The summed E-state index contributed by atoms with van der Waals surface area (Å²) >= 11 is 0. The van der Waals surface area contributed by atoms with Gasteiger partial charge in [-0.15, -0.1) is 0 Å². The molecule has 12 heavy (non-hydrogen) atoms. The van der Waals surface area contributed by atoms with Crippen LogP contribution in [0, 0.1) is 5.82 Å². The molecule has 0 N–H and O–H groups in total. The Morgan fingerprint density at radius 2 is 2.08 bits per heavy atom. The van der Waals surface area contributed by atoms with Gasteiger partial charge in [-0.2, -0.15) is 8.79 Å². The van der Waals surface area contributed by atoms with E-state index >= 15 is 0 Å². The zero-order valence-corrected chi connectivity index (χ0v) is 6.57. The zero-order valence-electron chi connectivity index (χ0n) is 5.75. The van der Waals surface area contributed by atoms with E-state index in [4.69, 9.17) is 0 Å². The van der Waals surface area contributed by atoms with E-state index in [1.165, 1.54) is 12.1 Å². The molecule has 0 fully saturated rings. The lowest BCUT2D eigenvalue weighted by molar-refractivity contribution is 0.616. The quantitative estimate of drug-likeness (QED) is 0.606. The molecule has 0 aromatic heterocycles. The summed E-state index contributed by atoms with van der Waals surface area (Å²) in [5.74, 6) is -1.71. The van der Waals surface area contributed by atoms with Crippen LogP contribution in [0.1, 0.15) is 5.56 Å². The van der Waals surface area contributed by atoms with Crippen molar-refractivity contribution in [3.63, 3.8) is 0 Å². The number of halogens is 2. The van der Waals surface area contributed by atoms with Crippen molar-refractivity contribution in [3.05, 3.63) is 29.6 Å². The van der Waals surface area contributed by atoms with Crippen LogP contribution in [0.5, 0.6) is 0 Å². The Morgan fingerprint density at radius 3 is 2.75 bits per heavy atom. The normalized spacial score (nSPS) is 20.5. The summed E-state index contributed by atoms with van der Waals surface area (Å²) in [5.41, 5.74) is -0.268. The molecule has 5 heteroatoms. The molecule has 0 bridgehead atoms. The van der Waals surface area contributed by atoms with E-state index in [9.17, 15) is 13.0 Å². The average Bonchev–Trinajstić information content (AvgIpc) is 2.29. The Hall–Kier alpha value is -1.10. The van der Waals surface area contributed by atoms with E-state index in [0.29, 0.717) is 0 Å². The molecular formula is C7H3F2NOS. The molecule has 0 spiro atoms. The van der Waals surface area contributed by atoms with Gasteiger partial charge in [-0.3, -0.25) is 0 Å². The van der Waals surface area contributed by atoms with Gasteiger partial charge in [0.2, 0.25) is 5.97 Å². The van der Waals surface area contributed by atoms with Crippen molar-refractivity contribution < 1.29 is 13.0 Å². The van der Waals surface area contributed by atoms with Crippen LogP contribution in [0.2, 0.25) is 0 Å². The highest BCUT2D eigenvalue weighted by atomic mass is 32.2. The van der Waals surface area contributed by atoms with Crippen LogP contribution in [0.15, 0.2) is 27.5 Å². The summed E-state index contributed by atoms with van der Waals surface area (Å²) in [7, 11) is -1.77. The van der Waals surface area contributed by atoms with Crippen molar-refractivity contribution in [2.45, 2.75) is 4.90 Å². The van der Waals surface area contributed by atoms with Gasteiger partial charge in [0.25, 0.3) is 0 Å². The molecule has 0 saturated carbocycles. The molecule has 0 saturated heterocycles. The monoisotopic (exact) mass is 187 g/mol. The minimum Gasteiger partial charge on any atom is -0.229 e. The summed E-state index contributed by atoms with van der Waals surface area (Å²) < 4.78 is 39.6. The Bertz CT molecular complexity index is 402. The second-order valence-corrected chi connectivity index (χ2v) is 3.36. The van der Waals surface area contributed by atoms with Crippen LogP contribution in [-0.2, 0) is 11.0 Å². The first-order valence-electron chi connectivity index (χ1n) is 3.15. The SMILES string of the molecule is O=S1N=C(F)c2c(F)cccc21. The lowest BCUT2D eigenvalue weighted by atomic mass is 10.2. The molecule has 1 atom stereocenters. The van der Waals surface area contributed by atoms with E-state index in [1.807, 2.05) is 0 Å². The maximum absolute atomic E-state index is 12.9. The summed E-state index contributed by atoms with van der Waals surface area (Å²) in [5, 5.41) is 0. The molecule has 1 aromatic carbocycles. The second kappa shape index (κ2) is 2.45. The van der Waals surface area contributed by atoms with E-state index < -0.39 is 22.8 Å². The van der Waals surface area contributed by atoms with Gasteiger partial charge in [0.05, 0.1) is 10.5 Å². The molecule has 0 amide bonds. The highest BCUT2D eigenvalue weighted by Crippen LogP contribution is 2.25. The smallest absolute Gasteiger partial charge is 0.229 e. The third-order valence-corrected chi connectivity index (χ3v) is 2.58. The lowest BCUT2D eigenvalue weighted by Crippen LogP contribution is -1.94. The van der Waals surface area contributed by atoms with Gasteiger partial charge in [0, 0.05) is 0 Å². The molecule has 1 aromatic rings. The first-order chi connectivity index (χ1) is 5.70. The number of hydrogen-bond donors (Lipinski definition) is 0. The van der Waals surface area contributed by atoms with Gasteiger partial charge in [0.15, 0.2) is 11.0 Å². The van der Waals surface area contributed by atoms with Crippen molar-refractivity contribution in [2.24, 2.45) is 4.40 Å². The third-order valence-electron chi connectivity index (χ3n) is 1.53. The standard InChI is InChI=1S/C7H3F2NOS/c8-4-2-1-3-5-6(4)7(9)10-12(5)11/h1-3H. The first-order valence-corrected chi connectivity index (χ1v) is 4.26. The fourth-order valence-corrected chi connectivity index (χ4v) is 1.90. The highest BCUT2D eigenvalue weighted by molar-refractivity contribution is 7.84. The molecule has 1 unspecified atom stereocenters. The van der Waals surface area contributed by atoms with E-state index in [-0.39, 0.29) is 10.5 Å². The van der Waals surface area contributed by atoms with E-state index in [1.54, 1.807) is 0 Å². The predicted molar refractivity (Wildman–Crippen MR) is 40.5 cm³/mol. The third kappa shape index (κ3) is 0.896. The number of hydrogen-bond acceptors (Lipinski definition) is 1. The largest absolute Gasteiger partial charge is 0.233 e. The topological polar surface area (TPSA) is 29.4 Å². The molecule has 1 heterocycles. The van der Waals surface area contributed by atoms with Crippen LogP contribution in [0.3, 0.4) is 0 Å². The fraction of sp³-hybridized carbons (Fsp3) is 0. The van der Waals surface area contributed by atoms with Crippen LogP contribution >= 0.6 is 0 Å². The van der Waals surface area contributed by atoms with Crippen LogP contribution in [-0.4, -0.2) is 10.2 Å². The molecule has 0 radical (unpaired) electrons. The highest BCUT2D eigenvalue weighted by Gasteiger charge is 2.25. The Labute approximate surface area is 69.5 Å². The average molecular weight is 187 g/mol. The van der Waals surface area contributed by atoms with Gasteiger partial charge in [0.1, 0.15) is 5.82 Å².